The quantitative estimate of drug-likeness (QED) is 0.317. The van der Waals surface area contributed by atoms with Gasteiger partial charge in [0.1, 0.15) is 17.9 Å². The first-order valence-corrected chi connectivity index (χ1v) is 10.3. The van der Waals surface area contributed by atoms with Crippen molar-refractivity contribution >= 4 is 39.1 Å². The van der Waals surface area contributed by atoms with Crippen LogP contribution in [-0.4, -0.2) is 14.8 Å². The minimum Gasteiger partial charge on any atom is -0.485 e. The van der Waals surface area contributed by atoms with Crippen molar-refractivity contribution in [2.45, 2.75) is 26.9 Å². The Hall–Kier alpha value is -2.71. The van der Waals surface area contributed by atoms with E-state index in [1.807, 2.05) is 41.8 Å². The van der Waals surface area contributed by atoms with E-state index in [2.05, 4.69) is 33.1 Å². The Balaban J connectivity index is 1.69. The van der Waals surface area contributed by atoms with Crippen LogP contribution in [0.5, 0.6) is 5.75 Å². The fourth-order valence-electron chi connectivity index (χ4n) is 3.23. The summed E-state index contributed by atoms with van der Waals surface area (Å²) < 4.78 is 14.7. The zero-order valence-corrected chi connectivity index (χ0v) is 18.3. The lowest BCUT2D eigenvalue weighted by molar-refractivity contribution is 0.290. The molecule has 0 aliphatic rings. The number of hydrogen-bond acceptors (Lipinski definition) is 5. The molecule has 8 heteroatoms. The number of H-pyrrole nitrogens is 1. The predicted molar refractivity (Wildman–Crippen MR) is 117 cm³/mol. The van der Waals surface area contributed by atoms with E-state index in [0.717, 1.165) is 33.1 Å². The molecular formula is C21H18BrN3O3S. The molecule has 29 heavy (non-hydrogen) atoms. The molecule has 2 aromatic carbocycles. The first-order valence-electron chi connectivity index (χ1n) is 9.08. The molecule has 4 rings (SSSR count). The first kappa shape index (κ1) is 19.6. The lowest BCUT2D eigenvalue weighted by atomic mass is 10.1. The maximum atomic E-state index is 11.7. The second-order valence-corrected chi connectivity index (χ2v) is 7.91. The summed E-state index contributed by atoms with van der Waals surface area (Å²) in [6.45, 7) is 4.16. The van der Waals surface area contributed by atoms with E-state index in [1.165, 1.54) is 6.07 Å². The first-order chi connectivity index (χ1) is 14.0. The minimum absolute atomic E-state index is 0.206. The van der Waals surface area contributed by atoms with Gasteiger partial charge in [-0.15, -0.1) is 0 Å². The zero-order valence-electron chi connectivity index (χ0n) is 15.9. The van der Waals surface area contributed by atoms with Crippen molar-refractivity contribution in [3.05, 3.63) is 79.1 Å². The number of nitrogens with zero attached hydrogens (tertiary/aromatic N) is 2. The van der Waals surface area contributed by atoms with Crippen molar-refractivity contribution < 1.29 is 9.15 Å². The topological polar surface area (TPSA) is 73.1 Å². The molecule has 2 heterocycles. The van der Waals surface area contributed by atoms with Crippen LogP contribution in [0, 0.1) is 11.7 Å². The number of hydrogen-bond donors (Lipinski definition) is 1. The second-order valence-electron chi connectivity index (χ2n) is 6.60. The molecule has 0 radical (unpaired) electrons. The van der Waals surface area contributed by atoms with Crippen molar-refractivity contribution in [3.8, 4) is 11.4 Å². The van der Waals surface area contributed by atoms with Crippen LogP contribution in [0.1, 0.15) is 23.9 Å². The SMILES string of the molecule is CCc1cc2c(C)cc(=O)oc2cc1OCc1n[nH]c(=S)n1-c1ccc(Br)cc1. The van der Waals surface area contributed by atoms with E-state index in [0.29, 0.717) is 21.9 Å². The Labute approximate surface area is 180 Å². The molecule has 0 amide bonds. The number of fused-ring (bicyclic) bond motifs is 1. The molecule has 0 spiro atoms. The number of nitrogens with one attached hydrogen (secondary N) is 1. The fraction of sp³-hybridized carbons (Fsp3) is 0.190. The van der Waals surface area contributed by atoms with E-state index in [4.69, 9.17) is 21.4 Å². The number of benzene rings is 2. The van der Waals surface area contributed by atoms with E-state index < -0.39 is 0 Å². The molecule has 0 saturated heterocycles. The molecule has 1 N–H and O–H groups in total. The van der Waals surface area contributed by atoms with Crippen LogP contribution < -0.4 is 10.4 Å². The summed E-state index contributed by atoms with van der Waals surface area (Å²) in [5.74, 6) is 1.30. The van der Waals surface area contributed by atoms with Crippen LogP contribution in [0.15, 0.2) is 56.1 Å². The minimum atomic E-state index is -0.374. The monoisotopic (exact) mass is 471 g/mol. The summed E-state index contributed by atoms with van der Waals surface area (Å²) in [7, 11) is 0. The van der Waals surface area contributed by atoms with Crippen LogP contribution in [-0.2, 0) is 13.0 Å². The van der Waals surface area contributed by atoms with Crippen LogP contribution in [0.2, 0.25) is 0 Å². The predicted octanol–water partition coefficient (Wildman–Crippen LogP) is 5.25. The van der Waals surface area contributed by atoms with Crippen molar-refractivity contribution in [2.24, 2.45) is 0 Å². The van der Waals surface area contributed by atoms with Gasteiger partial charge in [-0.2, -0.15) is 5.10 Å². The number of ether oxygens (including phenoxy) is 1. The molecule has 148 valence electrons. The van der Waals surface area contributed by atoms with Crippen LogP contribution >= 0.6 is 28.1 Å². The van der Waals surface area contributed by atoms with Gasteiger partial charge in [0, 0.05) is 27.7 Å². The Morgan fingerprint density at radius 1 is 1.24 bits per heavy atom. The largest absolute Gasteiger partial charge is 0.485 e. The van der Waals surface area contributed by atoms with Crippen molar-refractivity contribution in [1.29, 1.82) is 0 Å². The lowest BCUT2D eigenvalue weighted by Crippen LogP contribution is -2.07. The van der Waals surface area contributed by atoms with Gasteiger partial charge in [0.05, 0.1) is 0 Å². The number of aryl methyl sites for hydroxylation is 2. The van der Waals surface area contributed by atoms with Crippen molar-refractivity contribution in [2.75, 3.05) is 0 Å². The van der Waals surface area contributed by atoms with E-state index in [9.17, 15) is 4.79 Å². The van der Waals surface area contributed by atoms with Gasteiger partial charge in [-0.05, 0) is 67.0 Å². The summed E-state index contributed by atoms with van der Waals surface area (Å²) in [5, 5.41) is 8.04. The summed E-state index contributed by atoms with van der Waals surface area (Å²) >= 11 is 8.83. The van der Waals surface area contributed by atoms with Gasteiger partial charge in [-0.25, -0.2) is 4.79 Å². The van der Waals surface area contributed by atoms with Gasteiger partial charge in [-0.1, -0.05) is 22.9 Å². The average molecular weight is 472 g/mol. The number of rotatable bonds is 5. The van der Waals surface area contributed by atoms with Gasteiger partial charge in [0.2, 0.25) is 0 Å². The molecule has 0 aliphatic heterocycles. The van der Waals surface area contributed by atoms with Gasteiger partial charge in [0.15, 0.2) is 10.6 Å². The third kappa shape index (κ3) is 3.90. The molecule has 0 aliphatic carbocycles. The van der Waals surface area contributed by atoms with Crippen LogP contribution in [0.4, 0.5) is 0 Å². The molecule has 4 aromatic rings. The molecule has 2 aromatic heterocycles. The van der Waals surface area contributed by atoms with Crippen LogP contribution in [0.3, 0.4) is 0 Å². The third-order valence-electron chi connectivity index (χ3n) is 4.70. The van der Waals surface area contributed by atoms with Gasteiger partial charge >= 0.3 is 5.63 Å². The highest BCUT2D eigenvalue weighted by atomic mass is 79.9. The summed E-state index contributed by atoms with van der Waals surface area (Å²) in [5.41, 5.74) is 2.93. The van der Waals surface area contributed by atoms with E-state index in [1.54, 1.807) is 6.07 Å². The normalized spacial score (nSPS) is 11.1. The van der Waals surface area contributed by atoms with E-state index >= 15 is 0 Å². The Kier molecular flexibility index (Phi) is 5.38. The maximum Gasteiger partial charge on any atom is 0.336 e. The highest BCUT2D eigenvalue weighted by molar-refractivity contribution is 9.10. The molecular weight excluding hydrogens is 454 g/mol. The Morgan fingerprint density at radius 2 is 2.00 bits per heavy atom. The molecule has 0 bridgehead atoms. The average Bonchev–Trinajstić information content (AvgIpc) is 3.06. The smallest absolute Gasteiger partial charge is 0.336 e. The van der Waals surface area contributed by atoms with Crippen molar-refractivity contribution in [3.63, 3.8) is 0 Å². The zero-order chi connectivity index (χ0) is 20.5. The molecule has 0 saturated carbocycles. The lowest BCUT2D eigenvalue weighted by Gasteiger charge is -2.13. The van der Waals surface area contributed by atoms with Crippen molar-refractivity contribution in [1.82, 2.24) is 14.8 Å². The van der Waals surface area contributed by atoms with E-state index in [-0.39, 0.29) is 12.2 Å². The molecule has 0 atom stereocenters. The highest BCUT2D eigenvalue weighted by Gasteiger charge is 2.13. The van der Waals surface area contributed by atoms with Gasteiger partial charge in [-0.3, -0.25) is 9.67 Å². The summed E-state index contributed by atoms with van der Waals surface area (Å²) in [6.07, 6.45) is 0.781. The molecule has 0 unspecified atom stereocenters. The maximum absolute atomic E-state index is 11.7. The standard InChI is InChI=1S/C21H18BrN3O3S/c1-3-13-9-16-12(2)8-20(26)28-18(16)10-17(13)27-11-19-23-24-21(29)25(19)15-6-4-14(22)5-7-15/h4-10H,3,11H2,1-2H3,(H,24,29). The van der Waals surface area contributed by atoms with Gasteiger partial charge in [0.25, 0.3) is 0 Å². The fourth-order valence-corrected chi connectivity index (χ4v) is 3.75. The number of aromatic amines is 1. The number of halogens is 1. The van der Waals surface area contributed by atoms with Gasteiger partial charge < -0.3 is 9.15 Å². The third-order valence-corrected chi connectivity index (χ3v) is 5.50. The molecule has 6 nitrogen and oxygen atoms in total. The second kappa shape index (κ2) is 7.96. The van der Waals surface area contributed by atoms with Crippen LogP contribution in [0.25, 0.3) is 16.7 Å². The Morgan fingerprint density at radius 3 is 2.72 bits per heavy atom. The molecule has 0 fully saturated rings. The summed E-state index contributed by atoms with van der Waals surface area (Å²) in [4.78, 5) is 11.7. The highest BCUT2D eigenvalue weighted by Crippen LogP contribution is 2.28. The summed E-state index contributed by atoms with van der Waals surface area (Å²) in [6, 6.07) is 13.1. The number of aromatic nitrogens is 3. The Bertz CT molecular complexity index is 1310.